The standard InChI is InChI=1S/C14H23N3OS2/c1-9-14(20-11(3)16-9)10(2)17(4)13(18)7-12-8-19-6-5-15-12/h10,12,15H,5-8H2,1-4H3. The van der Waals surface area contributed by atoms with Crippen LogP contribution in [-0.4, -0.2) is 46.9 Å². The molecule has 2 unspecified atom stereocenters. The Bertz CT molecular complexity index is 469. The number of thioether (sulfide) groups is 1. The van der Waals surface area contributed by atoms with Crippen LogP contribution in [0.1, 0.15) is 35.0 Å². The van der Waals surface area contributed by atoms with Crippen molar-refractivity contribution >= 4 is 29.0 Å². The van der Waals surface area contributed by atoms with E-state index in [4.69, 9.17) is 0 Å². The van der Waals surface area contributed by atoms with Crippen LogP contribution in [0.5, 0.6) is 0 Å². The summed E-state index contributed by atoms with van der Waals surface area (Å²) in [6, 6.07) is 0.421. The van der Waals surface area contributed by atoms with Gasteiger partial charge in [-0.05, 0) is 20.8 Å². The zero-order chi connectivity index (χ0) is 14.7. The molecule has 0 saturated carbocycles. The van der Waals surface area contributed by atoms with Crippen LogP contribution in [0.15, 0.2) is 0 Å². The van der Waals surface area contributed by atoms with E-state index >= 15 is 0 Å². The molecule has 1 N–H and O–H groups in total. The number of carbonyl (C=O) groups excluding carboxylic acids is 1. The van der Waals surface area contributed by atoms with Gasteiger partial charge in [0.1, 0.15) is 0 Å². The first-order chi connectivity index (χ1) is 9.49. The molecule has 1 amide bonds. The van der Waals surface area contributed by atoms with E-state index in [2.05, 4.69) is 17.2 Å². The molecular weight excluding hydrogens is 290 g/mol. The predicted molar refractivity (Wildman–Crippen MR) is 86.5 cm³/mol. The van der Waals surface area contributed by atoms with Gasteiger partial charge in [-0.2, -0.15) is 11.8 Å². The van der Waals surface area contributed by atoms with Crippen LogP contribution in [0.4, 0.5) is 0 Å². The highest BCUT2D eigenvalue weighted by Crippen LogP contribution is 2.28. The summed E-state index contributed by atoms with van der Waals surface area (Å²) < 4.78 is 0. The van der Waals surface area contributed by atoms with Crippen LogP contribution in [0, 0.1) is 13.8 Å². The number of amides is 1. The molecule has 4 nitrogen and oxygen atoms in total. The molecular formula is C14H23N3OS2. The number of nitrogens with one attached hydrogen (secondary N) is 1. The van der Waals surface area contributed by atoms with Crippen LogP contribution in [-0.2, 0) is 4.79 Å². The summed E-state index contributed by atoms with van der Waals surface area (Å²) in [4.78, 5) is 19.9. The highest BCUT2D eigenvalue weighted by Gasteiger charge is 2.24. The first kappa shape index (κ1) is 15.8. The summed E-state index contributed by atoms with van der Waals surface area (Å²) in [7, 11) is 1.90. The number of hydrogen-bond acceptors (Lipinski definition) is 5. The zero-order valence-corrected chi connectivity index (χ0v) is 14.2. The van der Waals surface area contributed by atoms with Gasteiger partial charge in [0.15, 0.2) is 0 Å². The number of carbonyl (C=O) groups is 1. The maximum Gasteiger partial charge on any atom is 0.224 e. The quantitative estimate of drug-likeness (QED) is 0.927. The molecule has 0 spiro atoms. The third-order valence-corrected chi connectivity index (χ3v) is 6.09. The highest BCUT2D eigenvalue weighted by molar-refractivity contribution is 7.99. The molecule has 20 heavy (non-hydrogen) atoms. The predicted octanol–water partition coefficient (Wildman–Crippen LogP) is 2.37. The topological polar surface area (TPSA) is 45.2 Å². The number of thiazole rings is 1. The molecule has 0 aliphatic carbocycles. The van der Waals surface area contributed by atoms with Crippen molar-refractivity contribution in [2.45, 2.75) is 39.3 Å². The van der Waals surface area contributed by atoms with Crippen molar-refractivity contribution in [1.29, 1.82) is 0 Å². The van der Waals surface area contributed by atoms with Crippen molar-refractivity contribution in [3.8, 4) is 0 Å². The minimum Gasteiger partial charge on any atom is -0.338 e. The van der Waals surface area contributed by atoms with E-state index in [9.17, 15) is 4.79 Å². The average molecular weight is 313 g/mol. The van der Waals surface area contributed by atoms with Gasteiger partial charge in [0, 0.05) is 42.4 Å². The molecule has 0 bridgehead atoms. The second-order valence-electron chi connectivity index (χ2n) is 5.29. The fraction of sp³-hybridized carbons (Fsp3) is 0.714. The third-order valence-electron chi connectivity index (χ3n) is 3.71. The van der Waals surface area contributed by atoms with Gasteiger partial charge >= 0.3 is 0 Å². The minimum atomic E-state index is 0.102. The van der Waals surface area contributed by atoms with Crippen molar-refractivity contribution in [1.82, 2.24) is 15.2 Å². The summed E-state index contributed by atoms with van der Waals surface area (Å²) in [6.45, 7) is 7.13. The average Bonchev–Trinajstić information content (AvgIpc) is 2.77. The molecule has 112 valence electrons. The Hall–Kier alpha value is -0.590. The Balaban J connectivity index is 1.96. The van der Waals surface area contributed by atoms with Crippen molar-refractivity contribution in [3.05, 3.63) is 15.6 Å². The van der Waals surface area contributed by atoms with Crippen molar-refractivity contribution in [2.75, 3.05) is 25.1 Å². The summed E-state index contributed by atoms with van der Waals surface area (Å²) in [5.74, 6) is 2.39. The highest BCUT2D eigenvalue weighted by atomic mass is 32.2. The van der Waals surface area contributed by atoms with E-state index in [1.54, 1.807) is 11.3 Å². The molecule has 6 heteroatoms. The van der Waals surface area contributed by atoms with Crippen molar-refractivity contribution in [2.24, 2.45) is 0 Å². The van der Waals surface area contributed by atoms with Gasteiger partial charge in [-0.1, -0.05) is 0 Å². The fourth-order valence-electron chi connectivity index (χ4n) is 2.43. The SMILES string of the molecule is Cc1nc(C)c(C(C)N(C)C(=O)CC2CSCCN2)s1. The van der Waals surface area contributed by atoms with Crippen LogP contribution >= 0.6 is 23.1 Å². The van der Waals surface area contributed by atoms with Crippen molar-refractivity contribution in [3.63, 3.8) is 0 Å². The Morgan fingerprint density at radius 2 is 2.30 bits per heavy atom. The van der Waals surface area contributed by atoms with E-state index in [1.165, 1.54) is 4.88 Å². The van der Waals surface area contributed by atoms with Gasteiger partial charge in [0.25, 0.3) is 0 Å². The minimum absolute atomic E-state index is 0.102. The molecule has 0 aromatic carbocycles. The lowest BCUT2D eigenvalue weighted by atomic mass is 10.1. The van der Waals surface area contributed by atoms with Gasteiger partial charge in [0.05, 0.1) is 16.7 Å². The number of nitrogens with zero attached hydrogens (tertiary/aromatic N) is 2. The van der Waals surface area contributed by atoms with Crippen LogP contribution in [0.25, 0.3) is 0 Å². The van der Waals surface area contributed by atoms with Crippen molar-refractivity contribution < 1.29 is 4.79 Å². The Morgan fingerprint density at radius 1 is 1.55 bits per heavy atom. The lowest BCUT2D eigenvalue weighted by Crippen LogP contribution is -2.42. The lowest BCUT2D eigenvalue weighted by molar-refractivity contribution is -0.132. The van der Waals surface area contributed by atoms with Gasteiger partial charge in [-0.15, -0.1) is 11.3 Å². The number of aromatic nitrogens is 1. The summed E-state index contributed by atoms with van der Waals surface area (Å²) in [6.07, 6.45) is 0.588. The fourth-order valence-corrected chi connectivity index (χ4v) is 4.40. The summed E-state index contributed by atoms with van der Waals surface area (Å²) in [5.41, 5.74) is 1.05. The normalized spacial score (nSPS) is 20.7. The van der Waals surface area contributed by atoms with Gasteiger partial charge in [0.2, 0.25) is 5.91 Å². The largest absolute Gasteiger partial charge is 0.338 e. The maximum absolute atomic E-state index is 12.4. The molecule has 1 aliphatic heterocycles. The lowest BCUT2D eigenvalue weighted by Gasteiger charge is -2.28. The van der Waals surface area contributed by atoms with E-state index in [0.29, 0.717) is 12.5 Å². The van der Waals surface area contributed by atoms with Crippen LogP contribution in [0.2, 0.25) is 0 Å². The molecule has 1 fully saturated rings. The molecule has 2 rings (SSSR count). The maximum atomic E-state index is 12.4. The second kappa shape index (κ2) is 6.91. The van der Waals surface area contributed by atoms with E-state index in [0.717, 1.165) is 28.8 Å². The van der Waals surface area contributed by atoms with Crippen LogP contribution < -0.4 is 5.32 Å². The Morgan fingerprint density at radius 3 is 2.85 bits per heavy atom. The first-order valence-corrected chi connectivity index (χ1v) is 8.97. The molecule has 2 atom stereocenters. The van der Waals surface area contributed by atoms with Gasteiger partial charge < -0.3 is 10.2 Å². The summed E-state index contributed by atoms with van der Waals surface area (Å²) >= 11 is 3.62. The Labute approximate surface area is 129 Å². The Kier molecular flexibility index (Phi) is 5.46. The smallest absolute Gasteiger partial charge is 0.224 e. The number of aryl methyl sites for hydroxylation is 2. The molecule has 1 aromatic rings. The first-order valence-electron chi connectivity index (χ1n) is 6.99. The van der Waals surface area contributed by atoms with Gasteiger partial charge in [-0.25, -0.2) is 4.98 Å². The van der Waals surface area contributed by atoms with Gasteiger partial charge in [-0.3, -0.25) is 4.79 Å². The van der Waals surface area contributed by atoms with E-state index in [-0.39, 0.29) is 11.9 Å². The molecule has 1 aliphatic rings. The van der Waals surface area contributed by atoms with Crippen LogP contribution in [0.3, 0.4) is 0 Å². The van der Waals surface area contributed by atoms with E-state index in [1.807, 2.05) is 37.6 Å². The molecule has 0 radical (unpaired) electrons. The zero-order valence-electron chi connectivity index (χ0n) is 12.6. The summed E-state index contributed by atoms with van der Waals surface area (Å²) in [5, 5.41) is 4.49. The third kappa shape index (κ3) is 3.74. The second-order valence-corrected chi connectivity index (χ2v) is 7.68. The molecule has 1 saturated heterocycles. The number of hydrogen-bond donors (Lipinski definition) is 1. The van der Waals surface area contributed by atoms with E-state index < -0.39 is 0 Å². The monoisotopic (exact) mass is 313 g/mol. The molecule has 2 heterocycles. The molecule has 1 aromatic heterocycles. The number of rotatable bonds is 4.